The highest BCUT2D eigenvalue weighted by atomic mass is 32.2. The van der Waals surface area contributed by atoms with Crippen molar-refractivity contribution in [3.63, 3.8) is 0 Å². The number of rotatable bonds is 6. The van der Waals surface area contributed by atoms with Gasteiger partial charge in [0.15, 0.2) is 9.84 Å². The van der Waals surface area contributed by atoms with Gasteiger partial charge in [0.25, 0.3) is 0 Å². The van der Waals surface area contributed by atoms with E-state index in [9.17, 15) is 13.2 Å². The second-order valence-electron chi connectivity index (χ2n) is 3.95. The monoisotopic (exact) mass is 284 g/mol. The van der Waals surface area contributed by atoms with Crippen molar-refractivity contribution >= 4 is 21.6 Å². The molecule has 3 N–H and O–H groups in total. The first-order chi connectivity index (χ1) is 8.84. The largest absolute Gasteiger partial charge is 0.465 e. The molecule has 0 fully saturated rings. The average Bonchev–Trinajstić information content (AvgIpc) is 2.27. The van der Waals surface area contributed by atoms with E-state index in [0.29, 0.717) is 11.1 Å². The van der Waals surface area contributed by atoms with Gasteiger partial charge >= 0.3 is 5.97 Å². The highest BCUT2D eigenvalue weighted by Gasteiger charge is 2.18. The zero-order valence-corrected chi connectivity index (χ0v) is 11.4. The molecule has 0 aliphatic carbocycles. The molecule has 1 rings (SSSR count). The summed E-state index contributed by atoms with van der Waals surface area (Å²) < 4.78 is 28.2. The van der Waals surface area contributed by atoms with Crippen molar-refractivity contribution in [2.75, 3.05) is 12.4 Å². The molecule has 0 aliphatic heterocycles. The van der Waals surface area contributed by atoms with Crippen LogP contribution >= 0.6 is 0 Å². The Morgan fingerprint density at radius 2 is 2.11 bits per heavy atom. The molecule has 19 heavy (non-hydrogen) atoms. The number of nitrogens with two attached hydrogens (primary N) is 1. The van der Waals surface area contributed by atoms with Gasteiger partial charge < -0.3 is 10.5 Å². The van der Waals surface area contributed by atoms with E-state index in [0.717, 1.165) is 0 Å². The van der Waals surface area contributed by atoms with E-state index in [1.165, 1.54) is 6.07 Å². The number of sulfone groups is 1. The lowest BCUT2D eigenvalue weighted by atomic mass is 10.1. The minimum Gasteiger partial charge on any atom is -0.465 e. The third kappa shape index (κ3) is 5.09. The molecule has 0 atom stereocenters. The Balaban J connectivity index is 2.81. The minimum atomic E-state index is -3.58. The van der Waals surface area contributed by atoms with Crippen LogP contribution in [-0.4, -0.2) is 32.6 Å². The number of hydrogen-bond donors (Lipinski definition) is 2. The first-order valence-electron chi connectivity index (χ1n) is 5.63. The number of nitrogen functional groups attached to an aromatic ring is 1. The van der Waals surface area contributed by atoms with E-state index in [4.69, 9.17) is 11.1 Å². The van der Waals surface area contributed by atoms with Crippen LogP contribution in [0.3, 0.4) is 0 Å². The highest BCUT2D eigenvalue weighted by Crippen LogP contribution is 2.10. The quantitative estimate of drug-likeness (QED) is 0.447. The van der Waals surface area contributed by atoms with E-state index in [1.54, 1.807) is 25.1 Å². The standard InChI is InChI=1S/C12H16N2O4S/c1-2-18-11(15)8-19(16,17)7-9-4-3-5-10(6-9)12(13)14/h3-6H,2,7-8H2,1H3,(H3,13,14). The van der Waals surface area contributed by atoms with Gasteiger partial charge in [-0.2, -0.15) is 0 Å². The number of carbonyl (C=O) groups excluding carboxylic acids is 1. The van der Waals surface area contributed by atoms with E-state index in [-0.39, 0.29) is 18.2 Å². The topological polar surface area (TPSA) is 110 Å². The van der Waals surface area contributed by atoms with Crippen molar-refractivity contribution in [1.29, 1.82) is 5.41 Å². The van der Waals surface area contributed by atoms with Crippen molar-refractivity contribution < 1.29 is 17.9 Å². The van der Waals surface area contributed by atoms with Gasteiger partial charge in [0.1, 0.15) is 11.6 Å². The third-order valence-corrected chi connectivity index (χ3v) is 3.72. The average molecular weight is 284 g/mol. The van der Waals surface area contributed by atoms with Crippen LogP contribution < -0.4 is 5.73 Å². The molecule has 6 nitrogen and oxygen atoms in total. The molecule has 0 heterocycles. The van der Waals surface area contributed by atoms with Crippen molar-refractivity contribution in [2.45, 2.75) is 12.7 Å². The van der Waals surface area contributed by atoms with Gasteiger partial charge in [-0.25, -0.2) is 8.42 Å². The SMILES string of the molecule is CCOC(=O)CS(=O)(=O)Cc1cccc(C(=N)N)c1. The Labute approximate surface area is 112 Å². The molecule has 0 aromatic heterocycles. The number of amidine groups is 1. The maximum absolute atomic E-state index is 11.8. The Morgan fingerprint density at radius 1 is 1.42 bits per heavy atom. The lowest BCUT2D eigenvalue weighted by molar-refractivity contribution is -0.139. The van der Waals surface area contributed by atoms with E-state index in [1.807, 2.05) is 0 Å². The molecular weight excluding hydrogens is 268 g/mol. The third-order valence-electron chi connectivity index (χ3n) is 2.27. The number of esters is 1. The summed E-state index contributed by atoms with van der Waals surface area (Å²) in [4.78, 5) is 11.2. The number of carbonyl (C=O) groups is 1. The molecule has 104 valence electrons. The molecule has 0 unspecified atom stereocenters. The van der Waals surface area contributed by atoms with Crippen molar-refractivity contribution in [3.05, 3.63) is 35.4 Å². The molecule has 0 bridgehead atoms. The predicted octanol–water partition coefficient (Wildman–Crippen LogP) is 0.449. The summed E-state index contributed by atoms with van der Waals surface area (Å²) in [5.74, 6) is -1.83. The fourth-order valence-electron chi connectivity index (χ4n) is 1.52. The van der Waals surface area contributed by atoms with Crippen LogP contribution in [0.2, 0.25) is 0 Å². The molecule has 1 aromatic carbocycles. The Hall–Kier alpha value is -1.89. The van der Waals surface area contributed by atoms with Gasteiger partial charge in [-0.1, -0.05) is 18.2 Å². The maximum atomic E-state index is 11.8. The van der Waals surface area contributed by atoms with Gasteiger partial charge in [-0.05, 0) is 18.6 Å². The summed E-state index contributed by atoms with van der Waals surface area (Å²) in [5, 5.41) is 7.29. The van der Waals surface area contributed by atoms with Gasteiger partial charge in [0.2, 0.25) is 0 Å². The lowest BCUT2D eigenvalue weighted by Gasteiger charge is -2.06. The molecule has 1 aromatic rings. The number of nitrogens with one attached hydrogen (secondary N) is 1. The van der Waals surface area contributed by atoms with E-state index in [2.05, 4.69) is 4.74 Å². The van der Waals surface area contributed by atoms with E-state index < -0.39 is 21.6 Å². The second-order valence-corrected chi connectivity index (χ2v) is 6.02. The Bertz CT molecular complexity index is 581. The van der Waals surface area contributed by atoms with Crippen molar-refractivity contribution in [2.24, 2.45) is 5.73 Å². The Morgan fingerprint density at radius 3 is 2.68 bits per heavy atom. The fourth-order valence-corrected chi connectivity index (χ4v) is 2.75. The summed E-state index contributed by atoms with van der Waals surface area (Å²) in [6.07, 6.45) is 0. The zero-order chi connectivity index (χ0) is 14.5. The van der Waals surface area contributed by atoms with Gasteiger partial charge in [0.05, 0.1) is 12.4 Å². The predicted molar refractivity (Wildman–Crippen MR) is 71.6 cm³/mol. The summed E-state index contributed by atoms with van der Waals surface area (Å²) in [7, 11) is -3.58. The summed E-state index contributed by atoms with van der Waals surface area (Å²) in [6.45, 7) is 1.76. The lowest BCUT2D eigenvalue weighted by Crippen LogP contribution is -2.20. The molecule has 7 heteroatoms. The molecule has 0 aliphatic rings. The van der Waals surface area contributed by atoms with Crippen LogP contribution in [0.15, 0.2) is 24.3 Å². The summed E-state index contributed by atoms with van der Waals surface area (Å²) >= 11 is 0. The van der Waals surface area contributed by atoms with Gasteiger partial charge in [-0.15, -0.1) is 0 Å². The van der Waals surface area contributed by atoms with Crippen LogP contribution in [0.1, 0.15) is 18.1 Å². The van der Waals surface area contributed by atoms with E-state index >= 15 is 0 Å². The molecule has 0 radical (unpaired) electrons. The first-order valence-corrected chi connectivity index (χ1v) is 7.45. The molecule has 0 amide bonds. The van der Waals surface area contributed by atoms with Crippen molar-refractivity contribution in [1.82, 2.24) is 0 Å². The van der Waals surface area contributed by atoms with Gasteiger partial charge in [0, 0.05) is 5.56 Å². The van der Waals surface area contributed by atoms with Crippen LogP contribution in [0, 0.1) is 5.41 Å². The van der Waals surface area contributed by atoms with Crippen LogP contribution in [0.5, 0.6) is 0 Å². The van der Waals surface area contributed by atoms with Crippen LogP contribution in [0.25, 0.3) is 0 Å². The molecule has 0 saturated carbocycles. The summed E-state index contributed by atoms with van der Waals surface area (Å²) in [5.41, 5.74) is 6.26. The maximum Gasteiger partial charge on any atom is 0.321 e. The minimum absolute atomic E-state index is 0.135. The normalized spacial score (nSPS) is 11.0. The zero-order valence-electron chi connectivity index (χ0n) is 10.5. The van der Waals surface area contributed by atoms with Crippen LogP contribution in [0.4, 0.5) is 0 Å². The number of hydrogen-bond acceptors (Lipinski definition) is 5. The first kappa shape index (κ1) is 15.2. The second kappa shape index (κ2) is 6.33. The van der Waals surface area contributed by atoms with Crippen molar-refractivity contribution in [3.8, 4) is 0 Å². The van der Waals surface area contributed by atoms with Gasteiger partial charge in [-0.3, -0.25) is 10.2 Å². The number of benzene rings is 1. The van der Waals surface area contributed by atoms with Crippen LogP contribution in [-0.2, 0) is 25.1 Å². The highest BCUT2D eigenvalue weighted by molar-refractivity contribution is 7.91. The molecule has 0 spiro atoms. The number of ether oxygens (including phenoxy) is 1. The Kier molecular flexibility index (Phi) is 5.05. The molecular formula is C12H16N2O4S. The summed E-state index contributed by atoms with van der Waals surface area (Å²) in [6, 6.07) is 6.36. The molecule has 0 saturated heterocycles. The fraction of sp³-hybridized carbons (Fsp3) is 0.333. The smallest absolute Gasteiger partial charge is 0.321 e.